The molecule has 5 rings (SSSR count). The molecule has 0 amide bonds. The van der Waals surface area contributed by atoms with Gasteiger partial charge in [0.2, 0.25) is 0 Å². The first-order valence-corrected chi connectivity index (χ1v) is 12.6. The van der Waals surface area contributed by atoms with E-state index in [0.717, 1.165) is 44.2 Å². The molecule has 29 heavy (non-hydrogen) atoms. The maximum atomic E-state index is 12.6. The molecular formula is C26H41NO2. The summed E-state index contributed by atoms with van der Waals surface area (Å²) in [5, 5.41) is 0. The molecule has 5 aliphatic rings. The van der Waals surface area contributed by atoms with E-state index in [1.54, 1.807) is 5.57 Å². The highest BCUT2D eigenvalue weighted by Gasteiger charge is 2.58. The zero-order valence-electron chi connectivity index (χ0n) is 18.8. The summed E-state index contributed by atoms with van der Waals surface area (Å²) >= 11 is 0. The lowest BCUT2D eigenvalue weighted by Gasteiger charge is -2.57. The standard InChI is InChI=1S/C26H41NO2/c1-25-12-10-20(29-17-16-27-14-4-3-5-15-27)18-19(25)6-7-21-22-8-9-24(28)26(22,2)13-11-23(21)25/h18,20-23H,3-17H2,1-2H3/t20-,21?,22?,23?,25-,26-/m0/s1. The summed E-state index contributed by atoms with van der Waals surface area (Å²) in [5.41, 5.74) is 2.07. The highest BCUT2D eigenvalue weighted by Crippen LogP contribution is 2.64. The van der Waals surface area contributed by atoms with Gasteiger partial charge in [0.1, 0.15) is 5.78 Å². The van der Waals surface area contributed by atoms with E-state index < -0.39 is 0 Å². The largest absolute Gasteiger partial charge is 0.373 e. The molecule has 162 valence electrons. The highest BCUT2D eigenvalue weighted by molar-refractivity contribution is 5.87. The van der Waals surface area contributed by atoms with E-state index in [4.69, 9.17) is 4.74 Å². The summed E-state index contributed by atoms with van der Waals surface area (Å²) in [5.74, 6) is 2.79. The molecule has 0 aromatic rings. The first-order chi connectivity index (χ1) is 14.0. The zero-order valence-corrected chi connectivity index (χ0v) is 18.8. The van der Waals surface area contributed by atoms with Crippen LogP contribution in [0.4, 0.5) is 0 Å². The van der Waals surface area contributed by atoms with Crippen LogP contribution in [-0.4, -0.2) is 43.0 Å². The second kappa shape index (κ2) is 7.79. The van der Waals surface area contributed by atoms with Crippen molar-refractivity contribution < 1.29 is 9.53 Å². The van der Waals surface area contributed by atoms with E-state index in [-0.39, 0.29) is 5.41 Å². The van der Waals surface area contributed by atoms with Crippen LogP contribution in [0.1, 0.15) is 84.5 Å². The Kier molecular flexibility index (Phi) is 5.44. The number of carbonyl (C=O) groups is 1. The molecule has 0 spiro atoms. The van der Waals surface area contributed by atoms with Crippen LogP contribution in [-0.2, 0) is 9.53 Å². The zero-order chi connectivity index (χ0) is 20.1. The number of allylic oxidation sites excluding steroid dienone is 1. The predicted molar refractivity (Wildman–Crippen MR) is 117 cm³/mol. The first-order valence-electron chi connectivity index (χ1n) is 12.6. The number of nitrogens with zero attached hydrogens (tertiary/aromatic N) is 1. The molecule has 4 fully saturated rings. The molecule has 0 bridgehead atoms. The van der Waals surface area contributed by atoms with E-state index in [1.165, 1.54) is 64.5 Å². The van der Waals surface area contributed by atoms with Crippen LogP contribution in [0.15, 0.2) is 11.6 Å². The van der Waals surface area contributed by atoms with E-state index in [1.807, 2.05) is 0 Å². The van der Waals surface area contributed by atoms with Crippen LogP contribution in [0.2, 0.25) is 0 Å². The van der Waals surface area contributed by atoms with Gasteiger partial charge in [-0.15, -0.1) is 0 Å². The van der Waals surface area contributed by atoms with Gasteiger partial charge in [0.05, 0.1) is 12.7 Å². The molecule has 0 N–H and O–H groups in total. The second-order valence-corrected chi connectivity index (χ2v) is 11.3. The number of Topliss-reactive ketones (excluding diaryl/α,β-unsaturated/α-hetero) is 1. The van der Waals surface area contributed by atoms with E-state index >= 15 is 0 Å². The molecule has 1 saturated heterocycles. The monoisotopic (exact) mass is 399 g/mol. The number of ketones is 1. The number of hydrogen-bond donors (Lipinski definition) is 0. The third-order valence-electron chi connectivity index (χ3n) is 9.97. The maximum Gasteiger partial charge on any atom is 0.139 e. The first kappa shape index (κ1) is 20.2. The van der Waals surface area contributed by atoms with Gasteiger partial charge < -0.3 is 9.64 Å². The van der Waals surface area contributed by atoms with Crippen molar-refractivity contribution in [2.45, 2.75) is 90.6 Å². The Hall–Kier alpha value is -0.670. The fourth-order valence-corrected chi connectivity index (χ4v) is 8.12. The predicted octanol–water partition coefficient (Wildman–Crippen LogP) is 5.39. The molecule has 3 unspecified atom stereocenters. The lowest BCUT2D eigenvalue weighted by molar-refractivity contribution is -0.132. The summed E-state index contributed by atoms with van der Waals surface area (Å²) in [6, 6.07) is 0. The Bertz CT molecular complexity index is 666. The van der Waals surface area contributed by atoms with Crippen molar-refractivity contribution in [3.05, 3.63) is 11.6 Å². The van der Waals surface area contributed by atoms with Crippen molar-refractivity contribution in [3.8, 4) is 0 Å². The van der Waals surface area contributed by atoms with Crippen molar-refractivity contribution in [1.29, 1.82) is 0 Å². The second-order valence-electron chi connectivity index (χ2n) is 11.3. The number of carbonyl (C=O) groups excluding carboxylic acids is 1. The van der Waals surface area contributed by atoms with Gasteiger partial charge in [0, 0.05) is 18.4 Å². The van der Waals surface area contributed by atoms with Crippen LogP contribution in [0.3, 0.4) is 0 Å². The van der Waals surface area contributed by atoms with Crippen molar-refractivity contribution in [2.75, 3.05) is 26.2 Å². The normalized spacial score (nSPS) is 45.3. The van der Waals surface area contributed by atoms with Crippen LogP contribution >= 0.6 is 0 Å². The highest BCUT2D eigenvalue weighted by atomic mass is 16.5. The average molecular weight is 400 g/mol. The molecule has 1 heterocycles. The SMILES string of the molecule is C[C@]12CC[C@H](OCCN3CCCCC3)C=C1CCC1C2CC[C@]2(C)C(=O)CCC12. The van der Waals surface area contributed by atoms with Gasteiger partial charge in [-0.25, -0.2) is 0 Å². The summed E-state index contributed by atoms with van der Waals surface area (Å²) in [6.45, 7) is 9.37. The maximum absolute atomic E-state index is 12.6. The number of hydrogen-bond acceptors (Lipinski definition) is 3. The van der Waals surface area contributed by atoms with Crippen molar-refractivity contribution in [3.63, 3.8) is 0 Å². The third kappa shape index (κ3) is 3.45. The van der Waals surface area contributed by atoms with Gasteiger partial charge in [0.25, 0.3) is 0 Å². The van der Waals surface area contributed by atoms with Crippen molar-refractivity contribution in [2.24, 2.45) is 28.6 Å². The Morgan fingerprint density at radius 1 is 0.966 bits per heavy atom. The fourth-order valence-electron chi connectivity index (χ4n) is 8.12. The lowest BCUT2D eigenvalue weighted by atomic mass is 9.47. The Morgan fingerprint density at radius 2 is 1.72 bits per heavy atom. The Morgan fingerprint density at radius 3 is 2.55 bits per heavy atom. The molecule has 3 heteroatoms. The number of rotatable bonds is 4. The molecule has 0 radical (unpaired) electrons. The number of ether oxygens (including phenoxy) is 1. The summed E-state index contributed by atoms with van der Waals surface area (Å²) in [7, 11) is 0. The number of fused-ring (bicyclic) bond motifs is 5. The van der Waals surface area contributed by atoms with Gasteiger partial charge in [-0.3, -0.25) is 4.79 Å². The van der Waals surface area contributed by atoms with E-state index in [9.17, 15) is 4.79 Å². The van der Waals surface area contributed by atoms with Crippen molar-refractivity contribution in [1.82, 2.24) is 4.90 Å². The van der Waals surface area contributed by atoms with Crippen LogP contribution < -0.4 is 0 Å². The van der Waals surface area contributed by atoms with Crippen LogP contribution in [0.5, 0.6) is 0 Å². The minimum absolute atomic E-state index is 0.00745. The average Bonchev–Trinajstić information content (AvgIpc) is 3.04. The number of piperidine rings is 1. The van der Waals surface area contributed by atoms with Gasteiger partial charge >= 0.3 is 0 Å². The van der Waals surface area contributed by atoms with Crippen LogP contribution in [0.25, 0.3) is 0 Å². The molecule has 3 saturated carbocycles. The summed E-state index contributed by atoms with van der Waals surface area (Å²) < 4.78 is 6.35. The molecule has 0 aromatic heterocycles. The third-order valence-corrected chi connectivity index (χ3v) is 9.97. The molecule has 6 atom stereocenters. The van der Waals surface area contributed by atoms with Gasteiger partial charge in [-0.1, -0.05) is 31.9 Å². The minimum atomic E-state index is 0.00745. The smallest absolute Gasteiger partial charge is 0.139 e. The number of likely N-dealkylation sites (tertiary alicyclic amines) is 1. The van der Waals surface area contributed by atoms with Gasteiger partial charge in [-0.2, -0.15) is 0 Å². The lowest BCUT2D eigenvalue weighted by Crippen LogP contribution is -2.50. The van der Waals surface area contributed by atoms with Gasteiger partial charge in [-0.05, 0) is 94.0 Å². The van der Waals surface area contributed by atoms with Gasteiger partial charge in [0.15, 0.2) is 0 Å². The summed E-state index contributed by atoms with van der Waals surface area (Å²) in [4.78, 5) is 15.2. The van der Waals surface area contributed by atoms with E-state index in [2.05, 4.69) is 24.8 Å². The molecule has 1 aliphatic heterocycles. The van der Waals surface area contributed by atoms with E-state index in [0.29, 0.717) is 23.2 Å². The molecule has 3 nitrogen and oxygen atoms in total. The quantitative estimate of drug-likeness (QED) is 0.594. The Labute approximate surface area is 177 Å². The summed E-state index contributed by atoms with van der Waals surface area (Å²) in [6.07, 6.45) is 16.4. The molecule has 4 aliphatic carbocycles. The fraction of sp³-hybridized carbons (Fsp3) is 0.885. The van der Waals surface area contributed by atoms with Crippen LogP contribution in [0, 0.1) is 28.6 Å². The molecule has 0 aromatic carbocycles. The Balaban J connectivity index is 1.23. The minimum Gasteiger partial charge on any atom is -0.373 e. The van der Waals surface area contributed by atoms with Crippen molar-refractivity contribution >= 4 is 5.78 Å². The molecular weight excluding hydrogens is 358 g/mol. The topological polar surface area (TPSA) is 29.5 Å².